The molecule has 3 aromatic rings. The zero-order chi connectivity index (χ0) is 14.1. The molecular weight excluding hydrogens is 252 g/mol. The monoisotopic (exact) mass is 266 g/mol. The van der Waals surface area contributed by atoms with Crippen molar-refractivity contribution in [3.05, 3.63) is 64.5 Å². The second kappa shape index (κ2) is 4.85. The van der Waals surface area contributed by atoms with E-state index in [1.807, 2.05) is 49.4 Å². The quantitative estimate of drug-likeness (QED) is 0.663. The van der Waals surface area contributed by atoms with Gasteiger partial charge in [0, 0.05) is 11.5 Å². The Morgan fingerprint density at radius 1 is 1.05 bits per heavy atom. The van der Waals surface area contributed by atoms with Crippen molar-refractivity contribution in [3.8, 4) is 16.9 Å². The summed E-state index contributed by atoms with van der Waals surface area (Å²) in [5, 5.41) is 0.891. The van der Waals surface area contributed by atoms with Crippen LogP contribution in [0.4, 0.5) is 0 Å². The van der Waals surface area contributed by atoms with Gasteiger partial charge in [-0.05, 0) is 30.2 Å². The molecule has 0 atom stereocenters. The maximum Gasteiger partial charge on any atom is 0.344 e. The van der Waals surface area contributed by atoms with Gasteiger partial charge in [0.1, 0.15) is 11.3 Å². The van der Waals surface area contributed by atoms with Crippen molar-refractivity contribution in [1.29, 1.82) is 0 Å². The fourth-order valence-corrected chi connectivity index (χ4v) is 2.30. The van der Waals surface area contributed by atoms with Crippen molar-refractivity contribution in [2.45, 2.75) is 6.92 Å². The largest absolute Gasteiger partial charge is 0.496 e. The summed E-state index contributed by atoms with van der Waals surface area (Å²) in [5.74, 6) is 0.716. The molecule has 0 aliphatic carbocycles. The Kier molecular flexibility index (Phi) is 3.03. The summed E-state index contributed by atoms with van der Waals surface area (Å²) in [6, 6.07) is 15.1. The number of aryl methyl sites for hydroxylation is 1. The van der Waals surface area contributed by atoms with Crippen LogP contribution in [0.2, 0.25) is 0 Å². The molecule has 1 aromatic heterocycles. The summed E-state index contributed by atoms with van der Waals surface area (Å²) in [6.45, 7) is 1.96. The van der Waals surface area contributed by atoms with Gasteiger partial charge in [0.05, 0.1) is 12.7 Å². The Hall–Kier alpha value is -2.55. The van der Waals surface area contributed by atoms with Crippen molar-refractivity contribution in [2.24, 2.45) is 0 Å². The van der Waals surface area contributed by atoms with Gasteiger partial charge in [0.15, 0.2) is 0 Å². The van der Waals surface area contributed by atoms with Crippen molar-refractivity contribution < 1.29 is 9.15 Å². The van der Waals surface area contributed by atoms with Gasteiger partial charge in [0.2, 0.25) is 0 Å². The van der Waals surface area contributed by atoms with E-state index < -0.39 is 0 Å². The van der Waals surface area contributed by atoms with E-state index >= 15 is 0 Å². The lowest BCUT2D eigenvalue weighted by atomic mass is 10.0. The Labute approximate surface area is 116 Å². The maximum atomic E-state index is 12.1. The van der Waals surface area contributed by atoms with E-state index in [1.165, 1.54) is 0 Å². The Bertz CT molecular complexity index is 817. The summed E-state index contributed by atoms with van der Waals surface area (Å²) in [5.41, 5.74) is 2.64. The molecule has 0 saturated heterocycles. The van der Waals surface area contributed by atoms with Gasteiger partial charge in [-0.15, -0.1) is 0 Å². The predicted molar refractivity (Wildman–Crippen MR) is 79.2 cm³/mol. The molecule has 0 N–H and O–H groups in total. The molecule has 0 aliphatic heterocycles. The molecule has 0 unspecified atom stereocenters. The van der Waals surface area contributed by atoms with E-state index in [-0.39, 0.29) is 5.63 Å². The SMILES string of the molecule is COc1cc2oc(=O)c(-c3ccccc3)cc2cc1C. The van der Waals surface area contributed by atoms with E-state index in [4.69, 9.17) is 9.15 Å². The van der Waals surface area contributed by atoms with Crippen molar-refractivity contribution in [1.82, 2.24) is 0 Å². The Morgan fingerprint density at radius 3 is 2.50 bits per heavy atom. The molecule has 3 nitrogen and oxygen atoms in total. The molecule has 0 fully saturated rings. The number of fused-ring (bicyclic) bond motifs is 1. The zero-order valence-corrected chi connectivity index (χ0v) is 11.3. The topological polar surface area (TPSA) is 39.4 Å². The van der Waals surface area contributed by atoms with Crippen molar-refractivity contribution in [3.63, 3.8) is 0 Å². The minimum atomic E-state index is -0.338. The summed E-state index contributed by atoms with van der Waals surface area (Å²) in [7, 11) is 1.60. The van der Waals surface area contributed by atoms with E-state index in [9.17, 15) is 4.79 Å². The van der Waals surface area contributed by atoms with Gasteiger partial charge in [-0.25, -0.2) is 4.79 Å². The smallest absolute Gasteiger partial charge is 0.344 e. The highest BCUT2D eigenvalue weighted by Gasteiger charge is 2.09. The standard InChI is InChI=1S/C17H14O3/c1-11-8-13-9-14(12-6-4-3-5-7-12)17(18)20-16(13)10-15(11)19-2/h3-10H,1-2H3. The summed E-state index contributed by atoms with van der Waals surface area (Å²) < 4.78 is 10.7. The first-order valence-corrected chi connectivity index (χ1v) is 6.37. The van der Waals surface area contributed by atoms with E-state index in [1.54, 1.807) is 13.2 Å². The second-order valence-electron chi connectivity index (χ2n) is 4.67. The van der Waals surface area contributed by atoms with Crippen LogP contribution in [0.1, 0.15) is 5.56 Å². The van der Waals surface area contributed by atoms with Crippen LogP contribution in [0.5, 0.6) is 5.75 Å². The minimum absolute atomic E-state index is 0.338. The van der Waals surface area contributed by atoms with Gasteiger partial charge in [-0.1, -0.05) is 30.3 Å². The average molecular weight is 266 g/mol. The molecule has 0 saturated carbocycles. The Morgan fingerprint density at radius 2 is 1.80 bits per heavy atom. The molecule has 0 aliphatic rings. The predicted octanol–water partition coefficient (Wildman–Crippen LogP) is 3.78. The van der Waals surface area contributed by atoms with Gasteiger partial charge in [-0.3, -0.25) is 0 Å². The van der Waals surface area contributed by atoms with Crippen LogP contribution in [0.25, 0.3) is 22.1 Å². The van der Waals surface area contributed by atoms with E-state index in [0.29, 0.717) is 16.9 Å². The zero-order valence-electron chi connectivity index (χ0n) is 11.3. The third-order valence-electron chi connectivity index (χ3n) is 3.33. The van der Waals surface area contributed by atoms with Crippen LogP contribution in [-0.2, 0) is 0 Å². The first-order chi connectivity index (χ1) is 9.69. The molecule has 0 bridgehead atoms. The molecule has 0 radical (unpaired) electrons. The normalized spacial score (nSPS) is 10.7. The van der Waals surface area contributed by atoms with Crippen molar-refractivity contribution >= 4 is 11.0 Å². The molecule has 0 spiro atoms. The van der Waals surface area contributed by atoms with Crippen LogP contribution >= 0.6 is 0 Å². The highest BCUT2D eigenvalue weighted by molar-refractivity contribution is 5.83. The van der Waals surface area contributed by atoms with Gasteiger partial charge < -0.3 is 9.15 Å². The highest BCUT2D eigenvalue weighted by Crippen LogP contribution is 2.27. The molecule has 100 valence electrons. The number of hydrogen-bond donors (Lipinski definition) is 0. The van der Waals surface area contributed by atoms with Crippen LogP contribution in [-0.4, -0.2) is 7.11 Å². The molecule has 20 heavy (non-hydrogen) atoms. The summed E-state index contributed by atoms with van der Waals surface area (Å²) in [6.07, 6.45) is 0. The van der Waals surface area contributed by atoms with Crippen molar-refractivity contribution in [2.75, 3.05) is 7.11 Å². The first-order valence-electron chi connectivity index (χ1n) is 6.37. The highest BCUT2D eigenvalue weighted by atomic mass is 16.5. The molecule has 1 heterocycles. The number of hydrogen-bond acceptors (Lipinski definition) is 3. The van der Waals surface area contributed by atoms with Crippen LogP contribution in [0.15, 0.2) is 57.7 Å². The third kappa shape index (κ3) is 2.07. The number of rotatable bonds is 2. The summed E-state index contributed by atoms with van der Waals surface area (Å²) in [4.78, 5) is 12.1. The second-order valence-corrected chi connectivity index (χ2v) is 4.67. The molecule has 3 heteroatoms. The van der Waals surface area contributed by atoms with Gasteiger partial charge >= 0.3 is 5.63 Å². The Balaban J connectivity index is 2.27. The lowest BCUT2D eigenvalue weighted by Gasteiger charge is -2.07. The van der Waals surface area contributed by atoms with Gasteiger partial charge in [-0.2, -0.15) is 0 Å². The fraction of sp³-hybridized carbons (Fsp3) is 0.118. The molecule has 0 amide bonds. The van der Waals surface area contributed by atoms with Crippen LogP contribution in [0, 0.1) is 6.92 Å². The number of ether oxygens (including phenoxy) is 1. The minimum Gasteiger partial charge on any atom is -0.496 e. The van der Waals surface area contributed by atoms with E-state index in [2.05, 4.69) is 0 Å². The average Bonchev–Trinajstić information content (AvgIpc) is 2.47. The molecule has 2 aromatic carbocycles. The lowest BCUT2D eigenvalue weighted by Crippen LogP contribution is -2.02. The molecule has 3 rings (SSSR count). The van der Waals surface area contributed by atoms with E-state index in [0.717, 1.165) is 16.5 Å². The summed E-state index contributed by atoms with van der Waals surface area (Å²) >= 11 is 0. The number of benzene rings is 2. The molecular formula is C17H14O3. The lowest BCUT2D eigenvalue weighted by molar-refractivity contribution is 0.411. The van der Waals surface area contributed by atoms with Crippen LogP contribution in [0.3, 0.4) is 0 Å². The maximum absolute atomic E-state index is 12.1. The number of methoxy groups -OCH3 is 1. The fourth-order valence-electron chi connectivity index (χ4n) is 2.30. The third-order valence-corrected chi connectivity index (χ3v) is 3.33. The van der Waals surface area contributed by atoms with Crippen LogP contribution < -0.4 is 10.4 Å². The van der Waals surface area contributed by atoms with Gasteiger partial charge in [0.25, 0.3) is 0 Å². The first kappa shape index (κ1) is 12.5.